The number of alkyl halides is 1. The lowest BCUT2D eigenvalue weighted by Crippen LogP contribution is -2.34. The maximum atomic E-state index is 13.6. The van der Waals surface area contributed by atoms with Crippen LogP contribution in [0.3, 0.4) is 0 Å². The summed E-state index contributed by atoms with van der Waals surface area (Å²) in [6.45, 7) is 1.58. The van der Waals surface area contributed by atoms with Gasteiger partial charge in [-0.2, -0.15) is 0 Å². The van der Waals surface area contributed by atoms with E-state index in [9.17, 15) is 14.9 Å². The number of carbonyl (C=O) groups excluding carboxylic acids is 1. The van der Waals surface area contributed by atoms with Crippen LogP contribution in [0.4, 0.5) is 11.4 Å². The van der Waals surface area contributed by atoms with Crippen molar-refractivity contribution in [1.29, 1.82) is 0 Å². The van der Waals surface area contributed by atoms with Crippen LogP contribution in [0, 0.1) is 16.0 Å². The molecule has 9 heteroatoms. The second-order valence-electron chi connectivity index (χ2n) is 10.2. The molecule has 1 amide bonds. The molecule has 6 rings (SSSR count). The highest BCUT2D eigenvalue weighted by Gasteiger charge is 2.51. The van der Waals surface area contributed by atoms with Crippen molar-refractivity contribution in [3.05, 3.63) is 98.0 Å². The Balaban J connectivity index is 1.41. The van der Waals surface area contributed by atoms with Gasteiger partial charge in [0.15, 0.2) is 0 Å². The quantitative estimate of drug-likeness (QED) is 0.182. The minimum Gasteiger partial charge on any atom is -0.377 e. The summed E-state index contributed by atoms with van der Waals surface area (Å²) >= 11 is 12.3. The van der Waals surface area contributed by atoms with Gasteiger partial charge in [0.25, 0.3) is 11.6 Å². The molecule has 0 radical (unpaired) electrons. The molecule has 38 heavy (non-hydrogen) atoms. The van der Waals surface area contributed by atoms with Crippen LogP contribution in [0.25, 0.3) is 0 Å². The van der Waals surface area contributed by atoms with Gasteiger partial charge >= 0.3 is 0 Å². The highest BCUT2D eigenvalue weighted by molar-refractivity contribution is 9.10. The Hall–Kier alpha value is -2.55. The Morgan fingerprint density at radius 3 is 2.53 bits per heavy atom. The molecule has 3 aromatic carbocycles. The zero-order chi connectivity index (χ0) is 26.4. The first-order valence-corrected chi connectivity index (χ1v) is 15.0. The number of hydrogen-bond donors (Lipinski definition) is 1. The molecule has 0 unspecified atom stereocenters. The van der Waals surface area contributed by atoms with Crippen LogP contribution in [0.2, 0.25) is 0 Å². The van der Waals surface area contributed by atoms with Crippen molar-refractivity contribution in [2.24, 2.45) is 5.92 Å². The molecule has 2 fully saturated rings. The minimum atomic E-state index is -0.328. The van der Waals surface area contributed by atoms with Crippen LogP contribution in [-0.2, 0) is 0 Å². The Labute approximate surface area is 239 Å². The molecule has 0 bridgehead atoms. The van der Waals surface area contributed by atoms with Gasteiger partial charge in [0, 0.05) is 34.8 Å². The summed E-state index contributed by atoms with van der Waals surface area (Å²) in [5.41, 5.74) is 3.89. The zero-order valence-electron chi connectivity index (χ0n) is 20.6. The van der Waals surface area contributed by atoms with Gasteiger partial charge in [0.2, 0.25) is 0 Å². The summed E-state index contributed by atoms with van der Waals surface area (Å²) in [6.07, 6.45) is 2.87. The van der Waals surface area contributed by atoms with E-state index in [0.29, 0.717) is 10.5 Å². The summed E-state index contributed by atoms with van der Waals surface area (Å²) in [6, 6.07) is 21.1. The number of amides is 1. The molecule has 3 aliphatic rings. The number of nitrogens with zero attached hydrogens (tertiary/aromatic N) is 2. The van der Waals surface area contributed by atoms with E-state index in [1.54, 1.807) is 18.2 Å². The number of nitrogens with one attached hydrogen (secondary N) is 1. The fourth-order valence-electron chi connectivity index (χ4n) is 6.28. The number of hydrogen-bond acceptors (Lipinski definition) is 5. The topological polar surface area (TPSA) is 75.5 Å². The zero-order valence-corrected chi connectivity index (χ0v) is 23.7. The number of nitro benzene ring substituents is 1. The Kier molecular flexibility index (Phi) is 7.14. The van der Waals surface area contributed by atoms with Crippen molar-refractivity contribution < 1.29 is 9.72 Å². The van der Waals surface area contributed by atoms with Crippen LogP contribution < -0.4 is 5.32 Å². The van der Waals surface area contributed by atoms with Crippen molar-refractivity contribution in [3.8, 4) is 0 Å². The van der Waals surface area contributed by atoms with Crippen molar-refractivity contribution in [3.63, 3.8) is 0 Å². The number of carbonyl (C=O) groups is 1. The lowest BCUT2D eigenvalue weighted by atomic mass is 9.76. The van der Waals surface area contributed by atoms with E-state index < -0.39 is 0 Å². The standard InChI is InChI=1S/C29H27BrClN3O3S/c30-18-12-10-17(11-13-18)27-21-16-24(38-23-9-2-1-8-22(23)34(36)37)26(31)25(21)19-6-5-7-20(28(19)32-27)29(35)33-14-3-4-15-33/h1-2,5-13,21,24-27,32H,3-4,14-16H2/t21-,24+,25-,26+,27-/m1/s1. The average Bonchev–Trinajstić information content (AvgIpc) is 3.57. The van der Waals surface area contributed by atoms with Crippen LogP contribution >= 0.6 is 39.3 Å². The molecule has 2 heterocycles. The van der Waals surface area contributed by atoms with E-state index >= 15 is 0 Å². The molecule has 5 atom stereocenters. The maximum Gasteiger partial charge on any atom is 0.282 e. The predicted molar refractivity (Wildman–Crippen MR) is 155 cm³/mol. The Morgan fingerprint density at radius 2 is 1.79 bits per heavy atom. The molecule has 1 N–H and O–H groups in total. The predicted octanol–water partition coefficient (Wildman–Crippen LogP) is 7.63. The van der Waals surface area contributed by atoms with Gasteiger partial charge in [0.05, 0.1) is 32.5 Å². The van der Waals surface area contributed by atoms with Gasteiger partial charge in [-0.05, 0) is 60.6 Å². The molecule has 196 valence electrons. The molecule has 3 aromatic rings. The second kappa shape index (κ2) is 10.5. The summed E-state index contributed by atoms with van der Waals surface area (Å²) < 4.78 is 1.00. The van der Waals surface area contributed by atoms with E-state index in [1.807, 2.05) is 35.2 Å². The van der Waals surface area contributed by atoms with Crippen LogP contribution in [0.1, 0.15) is 52.7 Å². The first-order chi connectivity index (χ1) is 18.4. The minimum absolute atomic E-state index is 0.00756. The molecule has 2 aliphatic heterocycles. The van der Waals surface area contributed by atoms with Crippen LogP contribution in [-0.4, -0.2) is 39.4 Å². The van der Waals surface area contributed by atoms with Gasteiger partial charge in [-0.25, -0.2) is 0 Å². The molecule has 0 spiro atoms. The monoisotopic (exact) mass is 611 g/mol. The van der Waals surface area contributed by atoms with Gasteiger partial charge < -0.3 is 10.2 Å². The maximum absolute atomic E-state index is 13.6. The molecular weight excluding hydrogens is 586 g/mol. The number of benzene rings is 3. The smallest absolute Gasteiger partial charge is 0.282 e. The summed E-state index contributed by atoms with van der Waals surface area (Å²) in [7, 11) is 0. The third kappa shape index (κ3) is 4.61. The average molecular weight is 613 g/mol. The number of halogens is 2. The Morgan fingerprint density at radius 1 is 1.05 bits per heavy atom. The first-order valence-electron chi connectivity index (χ1n) is 12.9. The third-order valence-electron chi connectivity index (χ3n) is 8.04. The second-order valence-corrected chi connectivity index (χ2v) is 12.9. The first kappa shape index (κ1) is 25.7. The van der Waals surface area contributed by atoms with Crippen LogP contribution in [0.5, 0.6) is 0 Å². The van der Waals surface area contributed by atoms with Crippen molar-refractivity contribution >= 4 is 56.6 Å². The number of likely N-dealkylation sites (tertiary alicyclic amines) is 1. The van der Waals surface area contributed by atoms with Gasteiger partial charge in [0.1, 0.15) is 0 Å². The van der Waals surface area contributed by atoms with Gasteiger partial charge in [-0.1, -0.05) is 52.3 Å². The van der Waals surface area contributed by atoms with Gasteiger partial charge in [-0.15, -0.1) is 23.4 Å². The highest BCUT2D eigenvalue weighted by atomic mass is 79.9. The van der Waals surface area contributed by atoms with E-state index in [0.717, 1.165) is 53.6 Å². The summed E-state index contributed by atoms with van der Waals surface area (Å²) in [5, 5.41) is 15.2. The Bertz CT molecular complexity index is 1380. The molecule has 0 aromatic heterocycles. The molecular formula is C29H27BrClN3O3S. The lowest BCUT2D eigenvalue weighted by molar-refractivity contribution is -0.387. The molecule has 1 saturated carbocycles. The summed E-state index contributed by atoms with van der Waals surface area (Å²) in [5.74, 6) is 0.242. The number of fused-ring (bicyclic) bond motifs is 3. The van der Waals surface area contributed by atoms with E-state index in [1.165, 1.54) is 11.8 Å². The molecule has 6 nitrogen and oxygen atoms in total. The number of nitro groups is 1. The number of rotatable bonds is 5. The SMILES string of the molecule is O=C(c1cccc2c1N[C@H](c1ccc(Br)cc1)[C@@H]1C[C@H](Sc3ccccc3[N+](=O)[O-])[C@H](Cl)[C@H]21)N1CCCC1. The summed E-state index contributed by atoms with van der Waals surface area (Å²) in [4.78, 5) is 27.5. The van der Waals surface area contributed by atoms with Crippen LogP contribution in [0.15, 0.2) is 76.1 Å². The van der Waals surface area contributed by atoms with E-state index in [4.69, 9.17) is 11.6 Å². The lowest BCUT2D eigenvalue weighted by Gasteiger charge is -2.39. The molecule has 1 saturated heterocycles. The highest BCUT2D eigenvalue weighted by Crippen LogP contribution is 2.58. The normalized spacial score (nSPS) is 25.9. The van der Waals surface area contributed by atoms with E-state index in [-0.39, 0.29) is 45.0 Å². The fraction of sp³-hybridized carbons (Fsp3) is 0.345. The largest absolute Gasteiger partial charge is 0.377 e. The number of thioether (sulfide) groups is 1. The van der Waals surface area contributed by atoms with Crippen molar-refractivity contribution in [1.82, 2.24) is 4.90 Å². The third-order valence-corrected chi connectivity index (χ3v) is 10.7. The van der Waals surface area contributed by atoms with Crippen molar-refractivity contribution in [2.45, 2.75) is 46.7 Å². The number of para-hydroxylation sites is 2. The van der Waals surface area contributed by atoms with E-state index in [2.05, 4.69) is 39.4 Å². The fourth-order valence-corrected chi connectivity index (χ4v) is 8.49. The number of anilines is 1. The van der Waals surface area contributed by atoms with Crippen molar-refractivity contribution in [2.75, 3.05) is 18.4 Å². The van der Waals surface area contributed by atoms with Gasteiger partial charge in [-0.3, -0.25) is 14.9 Å². The molecule has 1 aliphatic carbocycles.